The minimum atomic E-state index is 0.465. The molecule has 0 unspecified atom stereocenters. The van der Waals surface area contributed by atoms with Crippen LogP contribution in [0.3, 0.4) is 0 Å². The highest BCUT2D eigenvalue weighted by Crippen LogP contribution is 2.43. The maximum Gasteiger partial charge on any atom is 0.203 e. The summed E-state index contributed by atoms with van der Waals surface area (Å²) in [7, 11) is 4.88. The molecule has 1 aliphatic rings. The predicted molar refractivity (Wildman–Crippen MR) is 119 cm³/mol. The first-order chi connectivity index (χ1) is 14.7. The maximum absolute atomic E-state index is 5.54. The molecule has 4 rings (SSSR count). The van der Waals surface area contributed by atoms with Crippen molar-refractivity contribution in [1.82, 2.24) is 4.57 Å². The van der Waals surface area contributed by atoms with Crippen molar-refractivity contribution in [3.8, 4) is 34.3 Å². The zero-order valence-corrected chi connectivity index (χ0v) is 18.5. The third-order valence-corrected chi connectivity index (χ3v) is 5.83. The second-order valence-electron chi connectivity index (χ2n) is 6.96. The van der Waals surface area contributed by atoms with Crippen LogP contribution in [0, 0.1) is 0 Å². The molecule has 1 fully saturated rings. The fourth-order valence-electron chi connectivity index (χ4n) is 3.42. The number of hydrogen-bond donors (Lipinski definition) is 0. The van der Waals surface area contributed by atoms with Gasteiger partial charge in [0.05, 0.1) is 39.3 Å². The van der Waals surface area contributed by atoms with E-state index in [0.717, 1.165) is 40.3 Å². The molecule has 0 N–H and O–H groups in total. The van der Waals surface area contributed by atoms with Gasteiger partial charge in [-0.25, -0.2) is 4.99 Å². The summed E-state index contributed by atoms with van der Waals surface area (Å²) < 4.78 is 24.4. The summed E-state index contributed by atoms with van der Waals surface area (Å²) in [5, 5.41) is 2.15. The van der Waals surface area contributed by atoms with Crippen LogP contribution in [0.2, 0.25) is 0 Å². The molecule has 0 atom stereocenters. The van der Waals surface area contributed by atoms with Crippen LogP contribution in [-0.2, 0) is 0 Å². The quantitative estimate of drug-likeness (QED) is 0.496. The minimum absolute atomic E-state index is 0.465. The van der Waals surface area contributed by atoms with Gasteiger partial charge < -0.3 is 23.5 Å². The smallest absolute Gasteiger partial charge is 0.203 e. The van der Waals surface area contributed by atoms with Crippen LogP contribution in [0.5, 0.6) is 23.0 Å². The highest BCUT2D eigenvalue weighted by Gasteiger charge is 2.28. The van der Waals surface area contributed by atoms with E-state index in [1.165, 1.54) is 0 Å². The molecule has 1 heterocycles. The van der Waals surface area contributed by atoms with Crippen molar-refractivity contribution in [2.45, 2.75) is 25.8 Å². The van der Waals surface area contributed by atoms with Gasteiger partial charge in [0.15, 0.2) is 16.3 Å². The molecule has 0 amide bonds. The zero-order valence-electron chi connectivity index (χ0n) is 17.7. The van der Waals surface area contributed by atoms with Gasteiger partial charge in [0, 0.05) is 17.0 Å². The second kappa shape index (κ2) is 8.83. The maximum atomic E-state index is 5.54. The largest absolute Gasteiger partial charge is 0.494 e. The van der Waals surface area contributed by atoms with E-state index in [1.807, 2.05) is 43.3 Å². The summed E-state index contributed by atoms with van der Waals surface area (Å²) in [4.78, 5) is 5.88. The van der Waals surface area contributed by atoms with Gasteiger partial charge in [-0.05, 0) is 56.2 Å². The van der Waals surface area contributed by atoms with E-state index >= 15 is 0 Å². The molecule has 6 nitrogen and oxygen atoms in total. The number of ether oxygens (including phenoxy) is 4. The Morgan fingerprint density at radius 2 is 1.67 bits per heavy atom. The Kier molecular flexibility index (Phi) is 5.99. The summed E-state index contributed by atoms with van der Waals surface area (Å²) >= 11 is 1.64. The van der Waals surface area contributed by atoms with Gasteiger partial charge in [-0.1, -0.05) is 0 Å². The summed E-state index contributed by atoms with van der Waals surface area (Å²) in [6.45, 7) is 2.63. The van der Waals surface area contributed by atoms with Crippen LogP contribution in [0.1, 0.15) is 25.8 Å². The lowest BCUT2D eigenvalue weighted by atomic mass is 10.1. The Morgan fingerprint density at radius 1 is 1.00 bits per heavy atom. The van der Waals surface area contributed by atoms with Crippen molar-refractivity contribution in [2.24, 2.45) is 4.99 Å². The Hall–Kier alpha value is -2.93. The number of methoxy groups -OCH3 is 3. The molecule has 0 radical (unpaired) electrons. The van der Waals surface area contributed by atoms with Crippen LogP contribution >= 0.6 is 11.3 Å². The summed E-state index contributed by atoms with van der Waals surface area (Å²) in [5.74, 6) is 2.74. The molecule has 3 aromatic rings. The van der Waals surface area contributed by atoms with Crippen LogP contribution < -0.4 is 23.7 Å². The molecular formula is C23H26N2O4S. The van der Waals surface area contributed by atoms with Gasteiger partial charge in [0.25, 0.3) is 0 Å². The van der Waals surface area contributed by atoms with Gasteiger partial charge >= 0.3 is 0 Å². The molecule has 7 heteroatoms. The molecular weight excluding hydrogens is 400 g/mol. The Labute approximate surface area is 180 Å². The van der Waals surface area contributed by atoms with Crippen molar-refractivity contribution < 1.29 is 18.9 Å². The summed E-state index contributed by atoms with van der Waals surface area (Å²) in [6.07, 6.45) is 2.31. The van der Waals surface area contributed by atoms with Crippen LogP contribution in [-0.4, -0.2) is 32.5 Å². The lowest BCUT2D eigenvalue weighted by molar-refractivity contribution is 0.324. The van der Waals surface area contributed by atoms with E-state index in [9.17, 15) is 0 Å². The minimum Gasteiger partial charge on any atom is -0.494 e. The summed E-state index contributed by atoms with van der Waals surface area (Å²) in [5.41, 5.74) is 3.03. The third kappa shape index (κ3) is 4.03. The summed E-state index contributed by atoms with van der Waals surface area (Å²) in [6, 6.07) is 12.3. The highest BCUT2D eigenvalue weighted by molar-refractivity contribution is 7.07. The number of rotatable bonds is 8. The van der Waals surface area contributed by atoms with Gasteiger partial charge in [-0.2, -0.15) is 0 Å². The van der Waals surface area contributed by atoms with Gasteiger partial charge in [-0.3, -0.25) is 0 Å². The molecule has 0 aliphatic heterocycles. The van der Waals surface area contributed by atoms with Crippen LogP contribution in [0.4, 0.5) is 5.69 Å². The number of thiazole rings is 1. The van der Waals surface area contributed by atoms with Crippen molar-refractivity contribution in [1.29, 1.82) is 0 Å². The molecule has 158 valence electrons. The number of hydrogen-bond acceptors (Lipinski definition) is 6. The van der Waals surface area contributed by atoms with E-state index < -0.39 is 0 Å². The SMILES string of the molecule is CCOc1ccc(N=c2scc(-c3cc(OC)c(OC)c(OC)c3)n2C2CC2)cc1. The lowest BCUT2D eigenvalue weighted by Gasteiger charge is -2.15. The topological polar surface area (TPSA) is 54.2 Å². The Morgan fingerprint density at radius 3 is 2.20 bits per heavy atom. The molecule has 1 saturated carbocycles. The standard InChI is InChI=1S/C23H26N2O4S/c1-5-29-18-10-6-16(7-11-18)24-23-25(17-8-9-17)19(14-30-23)15-12-20(26-2)22(28-4)21(13-15)27-3/h6-7,10-14,17H,5,8-9H2,1-4H3. The Balaban J connectivity index is 1.79. The van der Waals surface area contributed by atoms with Crippen molar-refractivity contribution in [3.63, 3.8) is 0 Å². The van der Waals surface area contributed by atoms with E-state index in [4.69, 9.17) is 23.9 Å². The highest BCUT2D eigenvalue weighted by atomic mass is 32.1. The third-order valence-electron chi connectivity index (χ3n) is 4.99. The second-order valence-corrected chi connectivity index (χ2v) is 7.79. The van der Waals surface area contributed by atoms with Gasteiger partial charge in [0.2, 0.25) is 5.75 Å². The van der Waals surface area contributed by atoms with Crippen molar-refractivity contribution in [3.05, 3.63) is 46.6 Å². The lowest BCUT2D eigenvalue weighted by Crippen LogP contribution is -2.14. The van der Waals surface area contributed by atoms with Gasteiger partial charge in [-0.15, -0.1) is 11.3 Å². The number of aromatic nitrogens is 1. The van der Waals surface area contributed by atoms with E-state index in [0.29, 0.717) is 29.9 Å². The molecule has 0 spiro atoms. The molecule has 0 bridgehead atoms. The Bertz CT molecular complexity index is 1060. The predicted octanol–water partition coefficient (Wildman–Crippen LogP) is 5.21. The zero-order chi connectivity index (χ0) is 21.1. The van der Waals surface area contributed by atoms with E-state index in [-0.39, 0.29) is 0 Å². The molecule has 0 saturated heterocycles. The fraction of sp³-hybridized carbons (Fsp3) is 0.348. The molecule has 2 aromatic carbocycles. The molecule has 30 heavy (non-hydrogen) atoms. The van der Waals surface area contributed by atoms with Crippen LogP contribution in [0.25, 0.3) is 11.3 Å². The molecule has 1 aliphatic carbocycles. The number of benzene rings is 2. The van der Waals surface area contributed by atoms with E-state index in [2.05, 4.69) is 9.95 Å². The number of nitrogens with zero attached hydrogens (tertiary/aromatic N) is 2. The average Bonchev–Trinajstić information content (AvgIpc) is 3.54. The normalized spacial score (nSPS) is 13.9. The van der Waals surface area contributed by atoms with Crippen molar-refractivity contribution >= 4 is 17.0 Å². The molecule has 1 aromatic heterocycles. The van der Waals surface area contributed by atoms with E-state index in [1.54, 1.807) is 32.7 Å². The first-order valence-corrected chi connectivity index (χ1v) is 10.8. The first kappa shape index (κ1) is 20.3. The van der Waals surface area contributed by atoms with Crippen molar-refractivity contribution in [2.75, 3.05) is 27.9 Å². The fourth-order valence-corrected chi connectivity index (χ4v) is 4.41. The average molecular weight is 427 g/mol. The van der Waals surface area contributed by atoms with Crippen LogP contribution in [0.15, 0.2) is 46.8 Å². The first-order valence-electron chi connectivity index (χ1n) is 9.96. The monoisotopic (exact) mass is 426 g/mol. The van der Waals surface area contributed by atoms with Gasteiger partial charge in [0.1, 0.15) is 5.75 Å².